The number of amides is 2. The summed E-state index contributed by atoms with van der Waals surface area (Å²) in [5.41, 5.74) is 2.79. The van der Waals surface area contributed by atoms with E-state index in [-0.39, 0.29) is 24.4 Å². The van der Waals surface area contributed by atoms with Crippen molar-refractivity contribution in [3.05, 3.63) is 16.6 Å². The summed E-state index contributed by atoms with van der Waals surface area (Å²) < 4.78 is 0. The Labute approximate surface area is 128 Å². The molecule has 2 aliphatic rings. The lowest BCUT2D eigenvalue weighted by molar-refractivity contribution is -0.146. The van der Waals surface area contributed by atoms with Gasteiger partial charge in [-0.25, -0.2) is 4.98 Å². The maximum atomic E-state index is 12.6. The first-order chi connectivity index (χ1) is 10.2. The molecule has 114 valence electrons. The van der Waals surface area contributed by atoms with E-state index >= 15 is 0 Å². The quantitative estimate of drug-likeness (QED) is 0.919. The fourth-order valence-corrected chi connectivity index (χ4v) is 3.91. The number of carbonyl (C=O) groups is 2. The minimum atomic E-state index is -0.304. The lowest BCUT2D eigenvalue weighted by Crippen LogP contribution is -2.61. The van der Waals surface area contributed by atoms with Crippen molar-refractivity contribution in [3.8, 4) is 0 Å². The zero-order valence-corrected chi connectivity index (χ0v) is 12.9. The number of aromatic nitrogens is 1. The van der Waals surface area contributed by atoms with Gasteiger partial charge in [-0.1, -0.05) is 19.3 Å². The van der Waals surface area contributed by atoms with E-state index in [0.717, 1.165) is 25.0 Å². The maximum Gasteiger partial charge on any atom is 0.245 e. The van der Waals surface area contributed by atoms with E-state index in [1.807, 2.05) is 5.38 Å². The van der Waals surface area contributed by atoms with Gasteiger partial charge in [0.05, 0.1) is 17.7 Å². The Morgan fingerprint density at radius 1 is 1.29 bits per heavy atom. The Bertz CT molecular complexity index is 497. The Kier molecular flexibility index (Phi) is 4.53. The number of nitrogens with one attached hydrogen (secondary N) is 1. The summed E-state index contributed by atoms with van der Waals surface area (Å²) in [6, 6.07) is -0.304. The Hall–Kier alpha value is -1.43. The molecule has 0 spiro atoms. The first kappa shape index (κ1) is 14.5. The number of rotatable bonds is 4. The van der Waals surface area contributed by atoms with Gasteiger partial charge in [-0.3, -0.25) is 9.59 Å². The fraction of sp³-hybridized carbons (Fsp3) is 0.667. The van der Waals surface area contributed by atoms with Crippen molar-refractivity contribution in [1.29, 1.82) is 0 Å². The predicted molar refractivity (Wildman–Crippen MR) is 80.9 cm³/mol. The van der Waals surface area contributed by atoms with Gasteiger partial charge in [-0.15, -0.1) is 11.3 Å². The second-order valence-corrected chi connectivity index (χ2v) is 6.65. The molecule has 1 saturated carbocycles. The van der Waals surface area contributed by atoms with E-state index < -0.39 is 0 Å². The molecule has 5 nitrogen and oxygen atoms in total. The molecule has 1 aromatic rings. The van der Waals surface area contributed by atoms with Crippen LogP contribution in [0.25, 0.3) is 0 Å². The molecule has 0 aromatic carbocycles. The summed E-state index contributed by atoms with van der Waals surface area (Å²) in [7, 11) is 0. The van der Waals surface area contributed by atoms with E-state index in [1.165, 1.54) is 19.3 Å². The van der Waals surface area contributed by atoms with Crippen molar-refractivity contribution in [2.75, 3.05) is 13.1 Å². The highest BCUT2D eigenvalue weighted by molar-refractivity contribution is 7.07. The molecule has 1 saturated heterocycles. The number of hydrogen-bond donors (Lipinski definition) is 1. The molecule has 1 atom stereocenters. The van der Waals surface area contributed by atoms with Gasteiger partial charge in [-0.05, 0) is 18.8 Å². The molecule has 1 aliphatic heterocycles. The van der Waals surface area contributed by atoms with Crippen LogP contribution in [-0.2, 0) is 16.0 Å². The first-order valence-electron chi connectivity index (χ1n) is 7.69. The van der Waals surface area contributed by atoms with E-state index in [0.29, 0.717) is 12.5 Å². The smallest absolute Gasteiger partial charge is 0.245 e. The van der Waals surface area contributed by atoms with Gasteiger partial charge in [-0.2, -0.15) is 0 Å². The van der Waals surface area contributed by atoms with E-state index in [4.69, 9.17) is 0 Å². The minimum absolute atomic E-state index is 0.0246. The molecule has 0 radical (unpaired) electrons. The van der Waals surface area contributed by atoms with Crippen molar-refractivity contribution < 1.29 is 9.59 Å². The van der Waals surface area contributed by atoms with E-state index in [9.17, 15) is 9.59 Å². The highest BCUT2D eigenvalue weighted by atomic mass is 32.1. The van der Waals surface area contributed by atoms with Gasteiger partial charge in [0, 0.05) is 18.3 Å². The average molecular weight is 307 g/mol. The topological polar surface area (TPSA) is 62.3 Å². The normalized spacial score (nSPS) is 24.2. The molecule has 21 heavy (non-hydrogen) atoms. The molecule has 2 fully saturated rings. The Morgan fingerprint density at radius 2 is 2.10 bits per heavy atom. The third kappa shape index (κ3) is 3.43. The summed E-state index contributed by atoms with van der Waals surface area (Å²) in [6.45, 7) is 0.769. The highest BCUT2D eigenvalue weighted by Crippen LogP contribution is 2.28. The van der Waals surface area contributed by atoms with Gasteiger partial charge >= 0.3 is 0 Å². The van der Waals surface area contributed by atoms with E-state index in [2.05, 4.69) is 10.3 Å². The van der Waals surface area contributed by atoms with Crippen LogP contribution in [0.4, 0.5) is 0 Å². The van der Waals surface area contributed by atoms with Gasteiger partial charge in [0.15, 0.2) is 0 Å². The standard InChI is InChI=1S/C15H21N3O2S/c19-13-8-18(7-6-12-9-21-10-16-12)15(20)14(17-13)11-4-2-1-3-5-11/h9-11,14H,1-8H2,(H,17,19). The van der Waals surface area contributed by atoms with Gasteiger partial charge in [0.25, 0.3) is 0 Å². The number of thiazole rings is 1. The molecule has 3 rings (SSSR count). The van der Waals surface area contributed by atoms with Crippen molar-refractivity contribution >= 4 is 23.2 Å². The van der Waals surface area contributed by atoms with Crippen LogP contribution in [0.5, 0.6) is 0 Å². The summed E-state index contributed by atoms with van der Waals surface area (Å²) >= 11 is 1.56. The number of hydrogen-bond acceptors (Lipinski definition) is 4. The van der Waals surface area contributed by atoms with Gasteiger partial charge in [0.2, 0.25) is 11.8 Å². The summed E-state index contributed by atoms with van der Waals surface area (Å²) in [5.74, 6) is 0.387. The largest absolute Gasteiger partial charge is 0.342 e. The molecule has 0 bridgehead atoms. The monoisotopic (exact) mass is 307 g/mol. The van der Waals surface area contributed by atoms with Crippen LogP contribution in [0.1, 0.15) is 37.8 Å². The van der Waals surface area contributed by atoms with Crippen LogP contribution in [0.15, 0.2) is 10.9 Å². The summed E-state index contributed by atoms with van der Waals surface area (Å²) in [4.78, 5) is 30.5. The van der Waals surface area contributed by atoms with Crippen molar-refractivity contribution in [1.82, 2.24) is 15.2 Å². The van der Waals surface area contributed by atoms with Crippen LogP contribution in [0.3, 0.4) is 0 Å². The molecule has 2 heterocycles. The third-order valence-corrected chi connectivity index (χ3v) is 5.11. The molecule has 1 aliphatic carbocycles. The molecule has 6 heteroatoms. The minimum Gasteiger partial charge on any atom is -0.342 e. The lowest BCUT2D eigenvalue weighted by atomic mass is 9.82. The first-order valence-corrected chi connectivity index (χ1v) is 8.63. The number of piperazine rings is 1. The van der Waals surface area contributed by atoms with E-state index in [1.54, 1.807) is 21.7 Å². The van der Waals surface area contributed by atoms with Crippen LogP contribution < -0.4 is 5.32 Å². The van der Waals surface area contributed by atoms with Crippen LogP contribution >= 0.6 is 11.3 Å². The van der Waals surface area contributed by atoms with Crippen LogP contribution in [-0.4, -0.2) is 40.8 Å². The highest BCUT2D eigenvalue weighted by Gasteiger charge is 2.37. The zero-order chi connectivity index (χ0) is 14.7. The Morgan fingerprint density at radius 3 is 2.81 bits per heavy atom. The van der Waals surface area contributed by atoms with Crippen LogP contribution in [0, 0.1) is 5.92 Å². The molecular weight excluding hydrogens is 286 g/mol. The predicted octanol–water partition coefficient (Wildman–Crippen LogP) is 1.59. The van der Waals surface area contributed by atoms with Crippen molar-refractivity contribution in [2.45, 2.75) is 44.6 Å². The molecule has 2 amide bonds. The molecular formula is C15H21N3O2S. The SMILES string of the molecule is O=C1CN(CCc2cscn2)C(=O)C(C2CCCCC2)N1. The fourth-order valence-electron chi connectivity index (χ4n) is 3.32. The molecule has 1 N–H and O–H groups in total. The van der Waals surface area contributed by atoms with Crippen LogP contribution in [0.2, 0.25) is 0 Å². The third-order valence-electron chi connectivity index (χ3n) is 4.47. The van der Waals surface area contributed by atoms with Crippen molar-refractivity contribution in [2.24, 2.45) is 5.92 Å². The van der Waals surface area contributed by atoms with Crippen molar-refractivity contribution in [3.63, 3.8) is 0 Å². The lowest BCUT2D eigenvalue weighted by Gasteiger charge is -2.37. The molecule has 1 aromatic heterocycles. The average Bonchev–Trinajstić information content (AvgIpc) is 3.02. The zero-order valence-electron chi connectivity index (χ0n) is 12.1. The van der Waals surface area contributed by atoms with Gasteiger partial charge in [0.1, 0.15) is 6.04 Å². The number of carbonyl (C=O) groups excluding carboxylic acids is 2. The Balaban J connectivity index is 1.63. The number of nitrogens with zero attached hydrogens (tertiary/aromatic N) is 2. The van der Waals surface area contributed by atoms with Gasteiger partial charge < -0.3 is 10.2 Å². The second-order valence-electron chi connectivity index (χ2n) is 5.93. The second kappa shape index (κ2) is 6.56. The summed E-state index contributed by atoms with van der Waals surface area (Å²) in [5, 5.41) is 4.91. The summed E-state index contributed by atoms with van der Waals surface area (Å²) in [6.07, 6.45) is 6.41. The molecule has 1 unspecified atom stereocenters. The maximum absolute atomic E-state index is 12.6.